The molecule has 170 valence electrons. The number of aryl methyl sites for hydroxylation is 1. The standard InChI is InChI=1S/C23H29N5O3S/c1-4-20-19-7-5-17(27-11-9-25(2)10-12-27)15-22(19)28(24-20)32(29,30)18-6-8-21-23(16-18)31-14-13-26(21)3/h5-8,15-16H,4,9-14H2,1-3H3. The number of nitrogens with zero attached hydrogens (tertiary/aromatic N) is 5. The van der Waals surface area contributed by atoms with Gasteiger partial charge >= 0.3 is 0 Å². The van der Waals surface area contributed by atoms with Gasteiger partial charge in [0.25, 0.3) is 10.0 Å². The van der Waals surface area contributed by atoms with E-state index in [1.54, 1.807) is 12.1 Å². The number of benzene rings is 2. The molecule has 0 aliphatic carbocycles. The van der Waals surface area contributed by atoms with E-state index >= 15 is 0 Å². The zero-order valence-corrected chi connectivity index (χ0v) is 19.6. The Bertz CT molecular complexity index is 1260. The summed E-state index contributed by atoms with van der Waals surface area (Å²) in [6.07, 6.45) is 0.658. The summed E-state index contributed by atoms with van der Waals surface area (Å²) >= 11 is 0. The van der Waals surface area contributed by atoms with Crippen molar-refractivity contribution in [2.45, 2.75) is 18.2 Å². The van der Waals surface area contributed by atoms with Gasteiger partial charge in [0.15, 0.2) is 0 Å². The predicted molar refractivity (Wildman–Crippen MR) is 127 cm³/mol. The SMILES string of the molecule is CCc1nn(S(=O)(=O)c2ccc3c(c2)OCCN3C)c2cc(N3CCN(C)CC3)ccc12. The first kappa shape index (κ1) is 21.1. The molecule has 5 rings (SSSR count). The zero-order valence-electron chi connectivity index (χ0n) is 18.8. The van der Waals surface area contributed by atoms with Crippen LogP contribution in [0, 0.1) is 0 Å². The van der Waals surface area contributed by atoms with Crippen molar-refractivity contribution in [1.29, 1.82) is 0 Å². The van der Waals surface area contributed by atoms with Crippen LogP contribution in [0.25, 0.3) is 10.9 Å². The minimum Gasteiger partial charge on any atom is -0.490 e. The van der Waals surface area contributed by atoms with Crippen LogP contribution in [-0.4, -0.2) is 75.9 Å². The molecular formula is C23H29N5O3S. The Kier molecular flexibility index (Phi) is 5.25. The molecule has 2 aliphatic heterocycles. The van der Waals surface area contributed by atoms with Crippen LogP contribution in [0.4, 0.5) is 11.4 Å². The quantitative estimate of drug-likeness (QED) is 0.598. The molecular weight excluding hydrogens is 426 g/mol. The first-order valence-electron chi connectivity index (χ1n) is 11.1. The summed E-state index contributed by atoms with van der Waals surface area (Å²) in [5.41, 5.74) is 3.32. The molecule has 2 aliphatic rings. The third-order valence-corrected chi connectivity index (χ3v) is 8.05. The van der Waals surface area contributed by atoms with Gasteiger partial charge in [-0.1, -0.05) is 6.92 Å². The van der Waals surface area contributed by atoms with E-state index in [1.807, 2.05) is 32.2 Å². The Morgan fingerprint density at radius 3 is 2.53 bits per heavy atom. The number of piperazine rings is 1. The van der Waals surface area contributed by atoms with Crippen LogP contribution in [0.1, 0.15) is 12.6 Å². The van der Waals surface area contributed by atoms with Crippen molar-refractivity contribution in [1.82, 2.24) is 14.1 Å². The molecule has 0 saturated carbocycles. The van der Waals surface area contributed by atoms with Crippen LogP contribution in [0.5, 0.6) is 5.75 Å². The first-order valence-corrected chi connectivity index (χ1v) is 12.5. The molecule has 9 heteroatoms. The van der Waals surface area contributed by atoms with Gasteiger partial charge in [0.05, 0.1) is 28.3 Å². The Morgan fingerprint density at radius 2 is 1.78 bits per heavy atom. The molecule has 0 N–H and O–H groups in total. The van der Waals surface area contributed by atoms with E-state index in [0.29, 0.717) is 24.3 Å². The second-order valence-electron chi connectivity index (χ2n) is 8.54. The topological polar surface area (TPSA) is 70.9 Å². The number of hydrogen-bond acceptors (Lipinski definition) is 7. The van der Waals surface area contributed by atoms with Crippen molar-refractivity contribution in [3.63, 3.8) is 0 Å². The lowest BCUT2D eigenvalue weighted by atomic mass is 10.1. The minimum absolute atomic E-state index is 0.184. The smallest absolute Gasteiger partial charge is 0.283 e. The summed E-state index contributed by atoms with van der Waals surface area (Å²) in [6, 6.07) is 11.1. The number of fused-ring (bicyclic) bond motifs is 2. The number of likely N-dealkylation sites (N-methyl/N-ethyl adjacent to an activating group) is 2. The Balaban J connectivity index is 1.60. The maximum atomic E-state index is 13.7. The maximum absolute atomic E-state index is 13.7. The summed E-state index contributed by atoms with van der Waals surface area (Å²) < 4.78 is 34.3. The molecule has 3 aromatic rings. The van der Waals surface area contributed by atoms with Crippen LogP contribution in [0.2, 0.25) is 0 Å². The van der Waals surface area contributed by atoms with E-state index < -0.39 is 10.0 Å². The second kappa shape index (κ2) is 7.97. The maximum Gasteiger partial charge on any atom is 0.283 e. The van der Waals surface area contributed by atoms with Crippen molar-refractivity contribution >= 4 is 32.3 Å². The van der Waals surface area contributed by atoms with Gasteiger partial charge in [-0.05, 0) is 43.8 Å². The number of anilines is 2. The molecule has 3 heterocycles. The highest BCUT2D eigenvalue weighted by molar-refractivity contribution is 7.90. The molecule has 2 aromatic carbocycles. The van der Waals surface area contributed by atoms with Crippen molar-refractivity contribution < 1.29 is 13.2 Å². The van der Waals surface area contributed by atoms with E-state index in [4.69, 9.17) is 4.74 Å². The first-order chi connectivity index (χ1) is 15.4. The van der Waals surface area contributed by atoms with E-state index in [2.05, 4.69) is 32.9 Å². The monoisotopic (exact) mass is 455 g/mol. The normalized spacial score (nSPS) is 17.5. The summed E-state index contributed by atoms with van der Waals surface area (Å²) in [5.74, 6) is 0.588. The highest BCUT2D eigenvalue weighted by atomic mass is 32.2. The van der Waals surface area contributed by atoms with E-state index in [1.165, 1.54) is 4.09 Å². The zero-order chi connectivity index (χ0) is 22.5. The summed E-state index contributed by atoms with van der Waals surface area (Å²) in [4.78, 5) is 6.85. The molecule has 0 atom stereocenters. The molecule has 8 nitrogen and oxygen atoms in total. The minimum atomic E-state index is -3.88. The van der Waals surface area contributed by atoms with Gasteiger partial charge in [-0.15, -0.1) is 0 Å². The van der Waals surface area contributed by atoms with Gasteiger partial charge in [-0.25, -0.2) is 0 Å². The third kappa shape index (κ3) is 3.49. The fourth-order valence-electron chi connectivity index (χ4n) is 4.44. The fraction of sp³-hybridized carbons (Fsp3) is 0.435. The van der Waals surface area contributed by atoms with Crippen LogP contribution in [0.3, 0.4) is 0 Å². The number of hydrogen-bond donors (Lipinski definition) is 0. The lowest BCUT2D eigenvalue weighted by Crippen LogP contribution is -2.44. The summed E-state index contributed by atoms with van der Waals surface area (Å²) in [7, 11) is 0.215. The molecule has 1 fully saturated rings. The van der Waals surface area contributed by atoms with Gasteiger partial charge in [-0.3, -0.25) is 0 Å². The van der Waals surface area contributed by atoms with Crippen molar-refractivity contribution in [2.75, 3.05) is 63.2 Å². The van der Waals surface area contributed by atoms with E-state index in [9.17, 15) is 8.42 Å². The lowest BCUT2D eigenvalue weighted by molar-refractivity contribution is 0.310. The van der Waals surface area contributed by atoms with Gasteiger partial charge in [0, 0.05) is 50.4 Å². The average molecular weight is 456 g/mol. The molecule has 0 amide bonds. The molecule has 0 unspecified atom stereocenters. The highest BCUT2D eigenvalue weighted by Crippen LogP contribution is 2.34. The van der Waals surface area contributed by atoms with Gasteiger partial charge in [-0.2, -0.15) is 17.6 Å². The second-order valence-corrected chi connectivity index (χ2v) is 10.3. The van der Waals surface area contributed by atoms with E-state index in [-0.39, 0.29) is 4.90 Å². The summed E-state index contributed by atoms with van der Waals surface area (Å²) in [5, 5.41) is 5.41. The third-order valence-electron chi connectivity index (χ3n) is 6.47. The van der Waals surface area contributed by atoms with Gasteiger partial charge in [0.1, 0.15) is 12.4 Å². The Morgan fingerprint density at radius 1 is 1.00 bits per heavy atom. The van der Waals surface area contributed by atoms with Gasteiger partial charge < -0.3 is 19.4 Å². The highest BCUT2D eigenvalue weighted by Gasteiger charge is 2.26. The molecule has 1 aromatic heterocycles. The molecule has 1 saturated heterocycles. The average Bonchev–Trinajstić information content (AvgIpc) is 3.18. The van der Waals surface area contributed by atoms with Crippen molar-refractivity contribution in [3.8, 4) is 5.75 Å². The number of rotatable bonds is 4. The molecule has 0 spiro atoms. The fourth-order valence-corrected chi connectivity index (χ4v) is 5.76. The predicted octanol–water partition coefficient (Wildman–Crippen LogP) is 2.42. The molecule has 0 radical (unpaired) electrons. The van der Waals surface area contributed by atoms with E-state index in [0.717, 1.165) is 55.2 Å². The van der Waals surface area contributed by atoms with Crippen LogP contribution in [-0.2, 0) is 16.4 Å². The number of aromatic nitrogens is 2. The van der Waals surface area contributed by atoms with Crippen LogP contribution < -0.4 is 14.5 Å². The van der Waals surface area contributed by atoms with Crippen molar-refractivity contribution in [2.24, 2.45) is 0 Å². The lowest BCUT2D eigenvalue weighted by Gasteiger charge is -2.34. The Labute approximate surface area is 189 Å². The van der Waals surface area contributed by atoms with Crippen molar-refractivity contribution in [3.05, 3.63) is 42.1 Å². The molecule has 32 heavy (non-hydrogen) atoms. The Hall–Kier alpha value is -2.78. The summed E-state index contributed by atoms with van der Waals surface area (Å²) in [6.45, 7) is 7.11. The van der Waals surface area contributed by atoms with Crippen LogP contribution in [0.15, 0.2) is 41.3 Å². The van der Waals surface area contributed by atoms with Crippen LogP contribution >= 0.6 is 0 Å². The largest absolute Gasteiger partial charge is 0.490 e. The molecule has 0 bridgehead atoms. The van der Waals surface area contributed by atoms with Gasteiger partial charge in [0.2, 0.25) is 0 Å². The number of ether oxygens (including phenoxy) is 1.